The minimum atomic E-state index is -0.726. The molecule has 172 valence electrons. The van der Waals surface area contributed by atoms with Gasteiger partial charge in [-0.1, -0.05) is 12.1 Å². The van der Waals surface area contributed by atoms with E-state index in [4.69, 9.17) is 4.74 Å². The summed E-state index contributed by atoms with van der Waals surface area (Å²) in [5.74, 6) is -1.40. The topological polar surface area (TPSA) is 114 Å². The highest BCUT2D eigenvalue weighted by Crippen LogP contribution is 2.27. The average Bonchev–Trinajstić information content (AvgIpc) is 3.27. The molecule has 0 aliphatic heterocycles. The Bertz CT molecular complexity index is 1450. The van der Waals surface area contributed by atoms with Crippen molar-refractivity contribution >= 4 is 23.3 Å². The van der Waals surface area contributed by atoms with E-state index in [2.05, 4.69) is 21.5 Å². The minimum Gasteiger partial charge on any atom is -0.452 e. The molecule has 4 aromatic rings. The number of hydrogen-bond donors (Lipinski definition) is 1. The molecule has 0 aliphatic carbocycles. The molecule has 10 heteroatoms. The molecule has 0 atom stereocenters. The predicted octanol–water partition coefficient (Wildman–Crippen LogP) is 3.31. The molecule has 0 spiro atoms. The summed E-state index contributed by atoms with van der Waals surface area (Å²) < 4.78 is 21.7. The molecule has 1 amide bonds. The van der Waals surface area contributed by atoms with Gasteiger partial charge in [0.25, 0.3) is 5.91 Å². The summed E-state index contributed by atoms with van der Waals surface area (Å²) in [6.07, 6.45) is 3.19. The maximum absolute atomic E-state index is 13.3. The molecular formula is C24H21FN6O3. The van der Waals surface area contributed by atoms with Gasteiger partial charge in [0, 0.05) is 24.6 Å². The molecule has 0 saturated carbocycles. The largest absolute Gasteiger partial charge is 0.452 e. The van der Waals surface area contributed by atoms with Gasteiger partial charge in [-0.3, -0.25) is 4.79 Å². The van der Waals surface area contributed by atoms with Crippen molar-refractivity contribution in [3.05, 3.63) is 82.2 Å². The van der Waals surface area contributed by atoms with Crippen molar-refractivity contribution in [3.63, 3.8) is 0 Å². The molecule has 4 rings (SSSR count). The maximum Gasteiger partial charge on any atom is 0.344 e. The van der Waals surface area contributed by atoms with Gasteiger partial charge in [0.2, 0.25) is 0 Å². The Morgan fingerprint density at radius 1 is 1.21 bits per heavy atom. The highest BCUT2D eigenvalue weighted by atomic mass is 19.1. The fourth-order valence-electron chi connectivity index (χ4n) is 3.71. The fourth-order valence-corrected chi connectivity index (χ4v) is 3.71. The average molecular weight is 460 g/mol. The Balaban J connectivity index is 1.53. The number of carbonyl (C=O) groups is 2. The Hall–Kier alpha value is -4.52. The Morgan fingerprint density at radius 3 is 2.65 bits per heavy atom. The second-order valence-corrected chi connectivity index (χ2v) is 7.73. The number of benzene rings is 1. The number of anilines is 1. The number of aryl methyl sites for hydroxylation is 1. The van der Waals surface area contributed by atoms with Crippen LogP contribution in [-0.4, -0.2) is 37.6 Å². The molecule has 0 aliphatic rings. The number of ether oxygens (including phenoxy) is 1. The molecule has 0 radical (unpaired) electrons. The molecule has 0 bridgehead atoms. The van der Waals surface area contributed by atoms with Crippen molar-refractivity contribution in [2.75, 3.05) is 11.9 Å². The number of rotatable bonds is 6. The van der Waals surface area contributed by atoms with Gasteiger partial charge in [-0.05, 0) is 50.1 Å². The van der Waals surface area contributed by atoms with Crippen molar-refractivity contribution in [3.8, 4) is 6.07 Å². The Kier molecular flexibility index (Phi) is 6.10. The number of esters is 1. The Labute approximate surface area is 194 Å². The van der Waals surface area contributed by atoms with Gasteiger partial charge in [-0.2, -0.15) is 10.4 Å². The number of fused-ring (bicyclic) bond motifs is 1. The van der Waals surface area contributed by atoms with Crippen molar-refractivity contribution < 1.29 is 18.7 Å². The van der Waals surface area contributed by atoms with E-state index in [1.165, 1.54) is 22.8 Å². The zero-order valence-electron chi connectivity index (χ0n) is 18.8. The maximum atomic E-state index is 13.3. The molecule has 34 heavy (non-hydrogen) atoms. The number of hydrogen-bond acceptors (Lipinski definition) is 6. The summed E-state index contributed by atoms with van der Waals surface area (Å²) in [5, 5.41) is 16.6. The number of nitriles is 1. The number of carbonyl (C=O) groups excluding carboxylic acids is 2. The van der Waals surface area contributed by atoms with Crippen LogP contribution in [0.4, 0.5) is 10.2 Å². The molecule has 1 N–H and O–H groups in total. The number of aromatic nitrogens is 4. The summed E-state index contributed by atoms with van der Waals surface area (Å²) in [6, 6.07) is 9.76. The lowest BCUT2D eigenvalue weighted by Crippen LogP contribution is -2.23. The first-order valence-electron chi connectivity index (χ1n) is 10.4. The van der Waals surface area contributed by atoms with E-state index in [0.29, 0.717) is 29.0 Å². The van der Waals surface area contributed by atoms with Gasteiger partial charge in [-0.15, -0.1) is 0 Å². The standard InChI is InChI=1S/C24H21FN6O3/c1-14-16(3)30(12-17-5-7-18(25)8-6-17)22(19(14)11-26)28-20(32)13-34-24(33)21-15(2)29-31-10-4-9-27-23(21)31/h4-10H,12-13H2,1-3H3,(H,28,32). The van der Waals surface area contributed by atoms with Crippen molar-refractivity contribution in [1.82, 2.24) is 19.2 Å². The lowest BCUT2D eigenvalue weighted by molar-refractivity contribution is -0.119. The zero-order valence-corrected chi connectivity index (χ0v) is 18.8. The smallest absolute Gasteiger partial charge is 0.344 e. The number of nitrogens with zero attached hydrogens (tertiary/aromatic N) is 5. The van der Waals surface area contributed by atoms with E-state index >= 15 is 0 Å². The monoisotopic (exact) mass is 460 g/mol. The second-order valence-electron chi connectivity index (χ2n) is 7.73. The van der Waals surface area contributed by atoms with Crippen molar-refractivity contribution in [2.45, 2.75) is 27.3 Å². The van der Waals surface area contributed by atoms with Crippen molar-refractivity contribution in [1.29, 1.82) is 5.26 Å². The third-order valence-corrected chi connectivity index (χ3v) is 5.56. The third kappa shape index (κ3) is 4.23. The van der Waals surface area contributed by atoms with E-state index in [1.807, 2.05) is 6.92 Å². The van der Waals surface area contributed by atoms with Gasteiger partial charge in [0.05, 0.1) is 11.3 Å². The second kappa shape index (κ2) is 9.15. The van der Waals surface area contributed by atoms with Crippen LogP contribution in [-0.2, 0) is 16.1 Å². The SMILES string of the molecule is Cc1nn2cccnc2c1C(=O)OCC(=O)Nc1c(C#N)c(C)c(C)n1Cc1ccc(F)cc1. The molecule has 0 saturated heterocycles. The van der Waals surface area contributed by atoms with E-state index in [0.717, 1.165) is 11.3 Å². The first-order valence-corrected chi connectivity index (χ1v) is 10.4. The molecule has 3 heterocycles. The van der Waals surface area contributed by atoms with Gasteiger partial charge < -0.3 is 14.6 Å². The number of halogens is 1. The fraction of sp³-hybridized carbons (Fsp3) is 0.208. The molecule has 0 unspecified atom stereocenters. The first-order chi connectivity index (χ1) is 16.3. The summed E-state index contributed by atoms with van der Waals surface area (Å²) in [5.41, 5.74) is 3.53. The van der Waals surface area contributed by atoms with Crippen LogP contribution in [0, 0.1) is 37.9 Å². The summed E-state index contributed by atoms with van der Waals surface area (Å²) in [4.78, 5) is 29.5. The van der Waals surface area contributed by atoms with Crippen molar-refractivity contribution in [2.24, 2.45) is 0 Å². The number of amides is 1. The van der Waals surface area contributed by atoms with Crippen LogP contribution in [0.15, 0.2) is 42.7 Å². The van der Waals surface area contributed by atoms with Crippen LogP contribution in [0.2, 0.25) is 0 Å². The van der Waals surface area contributed by atoms with Gasteiger partial charge in [0.15, 0.2) is 12.3 Å². The highest BCUT2D eigenvalue weighted by molar-refractivity contribution is 5.99. The lowest BCUT2D eigenvalue weighted by Gasteiger charge is -2.13. The highest BCUT2D eigenvalue weighted by Gasteiger charge is 2.23. The molecule has 9 nitrogen and oxygen atoms in total. The normalized spacial score (nSPS) is 10.8. The lowest BCUT2D eigenvalue weighted by atomic mass is 10.2. The van der Waals surface area contributed by atoms with Gasteiger partial charge in [-0.25, -0.2) is 18.7 Å². The summed E-state index contributed by atoms with van der Waals surface area (Å²) >= 11 is 0. The van der Waals surface area contributed by atoms with E-state index in [-0.39, 0.29) is 17.2 Å². The minimum absolute atomic E-state index is 0.178. The van der Waals surface area contributed by atoms with Crippen LogP contribution in [0.5, 0.6) is 0 Å². The third-order valence-electron chi connectivity index (χ3n) is 5.56. The van der Waals surface area contributed by atoms with Crippen LogP contribution in [0.3, 0.4) is 0 Å². The molecular weight excluding hydrogens is 439 g/mol. The summed E-state index contributed by atoms with van der Waals surface area (Å²) in [7, 11) is 0. The number of nitrogens with one attached hydrogen (secondary N) is 1. The quantitative estimate of drug-likeness (QED) is 0.442. The van der Waals surface area contributed by atoms with Crippen LogP contribution in [0.1, 0.15) is 38.4 Å². The van der Waals surface area contributed by atoms with E-state index < -0.39 is 18.5 Å². The molecule has 3 aromatic heterocycles. The van der Waals surface area contributed by atoms with Crippen LogP contribution >= 0.6 is 0 Å². The zero-order chi connectivity index (χ0) is 24.4. The van der Waals surface area contributed by atoms with Gasteiger partial charge in [0.1, 0.15) is 23.3 Å². The van der Waals surface area contributed by atoms with Crippen LogP contribution in [0.25, 0.3) is 5.65 Å². The predicted molar refractivity (Wildman–Crippen MR) is 121 cm³/mol. The van der Waals surface area contributed by atoms with E-state index in [1.54, 1.807) is 42.8 Å². The first kappa shape index (κ1) is 22.7. The van der Waals surface area contributed by atoms with Gasteiger partial charge >= 0.3 is 5.97 Å². The molecule has 1 aromatic carbocycles. The molecule has 0 fully saturated rings. The van der Waals surface area contributed by atoms with Crippen LogP contribution < -0.4 is 5.32 Å². The summed E-state index contributed by atoms with van der Waals surface area (Å²) in [6.45, 7) is 5.02. The van der Waals surface area contributed by atoms with E-state index in [9.17, 15) is 19.2 Å². The Morgan fingerprint density at radius 2 is 1.94 bits per heavy atom.